The van der Waals surface area contributed by atoms with E-state index >= 15 is 0 Å². The summed E-state index contributed by atoms with van der Waals surface area (Å²) >= 11 is 1.48. The highest BCUT2D eigenvalue weighted by Crippen LogP contribution is 2.30. The Bertz CT molecular complexity index is 201. The number of benzene rings is 1. The van der Waals surface area contributed by atoms with Crippen molar-refractivity contribution in [1.82, 2.24) is 4.83 Å². The van der Waals surface area contributed by atoms with E-state index in [2.05, 4.69) is 10.3 Å². The fraction of sp³-hybridized carbons (Fsp3) is 0. The molecule has 45 valence electrons. The highest BCUT2D eigenvalue weighted by atomic mass is 32.2. The second kappa shape index (κ2) is 1.93. The van der Waals surface area contributed by atoms with Gasteiger partial charge in [0.25, 0.3) is 0 Å². The van der Waals surface area contributed by atoms with E-state index in [1.54, 1.807) is 0 Å². The third kappa shape index (κ3) is 0.781. The van der Waals surface area contributed by atoms with Crippen LogP contribution in [-0.2, 0) is 0 Å². The zero-order valence-electron chi connectivity index (χ0n) is 4.66. The van der Waals surface area contributed by atoms with Crippen LogP contribution in [0.25, 0.3) is 0 Å². The minimum atomic E-state index is 1.11. The molecule has 0 saturated carbocycles. The van der Waals surface area contributed by atoms with Gasteiger partial charge in [-0.1, -0.05) is 17.0 Å². The summed E-state index contributed by atoms with van der Waals surface area (Å²) in [7, 11) is 0. The summed E-state index contributed by atoms with van der Waals surface area (Å²) in [5, 5.41) is 0. The van der Waals surface area contributed by atoms with Crippen LogP contribution in [-0.4, -0.2) is 0 Å². The van der Waals surface area contributed by atoms with Crippen LogP contribution in [0.1, 0.15) is 0 Å². The molecule has 9 heavy (non-hydrogen) atoms. The number of para-hydroxylation sites is 1. The molecule has 0 unspecified atom stereocenters. The first-order chi connectivity index (χ1) is 4.47. The van der Waals surface area contributed by atoms with Crippen molar-refractivity contribution in [3.05, 3.63) is 24.3 Å². The number of nitrogens with zero attached hydrogens (tertiary/aromatic N) is 1. The van der Waals surface area contributed by atoms with Crippen molar-refractivity contribution in [2.75, 3.05) is 5.43 Å². The first-order valence-corrected chi connectivity index (χ1v) is 3.46. The van der Waals surface area contributed by atoms with Gasteiger partial charge < -0.3 is 0 Å². The van der Waals surface area contributed by atoms with E-state index < -0.39 is 0 Å². The normalized spacial score (nSPS) is 14.7. The first kappa shape index (κ1) is 5.14. The molecule has 1 aliphatic rings. The van der Waals surface area contributed by atoms with Crippen molar-refractivity contribution in [3.63, 3.8) is 0 Å². The predicted octanol–water partition coefficient (Wildman–Crippen LogP) is 1.64. The second-order valence-corrected chi connectivity index (χ2v) is 2.60. The number of anilines is 1. The van der Waals surface area contributed by atoms with Gasteiger partial charge >= 0.3 is 0 Å². The molecule has 1 radical (unpaired) electrons. The summed E-state index contributed by atoms with van der Waals surface area (Å²) in [6, 6.07) is 8.06. The molecule has 3 heteroatoms. The van der Waals surface area contributed by atoms with Gasteiger partial charge in [0.1, 0.15) is 0 Å². The summed E-state index contributed by atoms with van der Waals surface area (Å²) in [5.74, 6) is 0. The Morgan fingerprint density at radius 2 is 2.22 bits per heavy atom. The lowest BCUT2D eigenvalue weighted by molar-refractivity contribution is 1.23. The molecule has 0 spiro atoms. The van der Waals surface area contributed by atoms with Crippen LogP contribution in [0.3, 0.4) is 0 Å². The van der Waals surface area contributed by atoms with Crippen LogP contribution in [0.15, 0.2) is 29.2 Å². The van der Waals surface area contributed by atoms with E-state index in [1.807, 2.05) is 24.3 Å². The smallest absolute Gasteiger partial charge is 0.0664 e. The molecule has 2 rings (SSSR count). The molecule has 0 amide bonds. The zero-order valence-corrected chi connectivity index (χ0v) is 5.48. The standard InChI is InChI=1S/C6H5N2S/c1-2-4-6-5(3-1)7-8-9-6/h1-4,7H. The van der Waals surface area contributed by atoms with E-state index in [-0.39, 0.29) is 0 Å². The molecule has 1 N–H and O–H groups in total. The van der Waals surface area contributed by atoms with Crippen LogP contribution >= 0.6 is 11.9 Å². The Morgan fingerprint density at radius 1 is 1.33 bits per heavy atom. The number of rotatable bonds is 0. The van der Waals surface area contributed by atoms with Gasteiger partial charge in [0, 0.05) is 11.9 Å². The van der Waals surface area contributed by atoms with E-state index in [0.29, 0.717) is 0 Å². The second-order valence-electron chi connectivity index (χ2n) is 1.79. The van der Waals surface area contributed by atoms with Crippen LogP contribution in [0.5, 0.6) is 0 Å². The van der Waals surface area contributed by atoms with Crippen molar-refractivity contribution in [2.45, 2.75) is 4.90 Å². The molecule has 1 heterocycles. The Balaban J connectivity index is 2.54. The Labute approximate surface area is 57.8 Å². The van der Waals surface area contributed by atoms with Crippen molar-refractivity contribution in [1.29, 1.82) is 0 Å². The third-order valence-electron chi connectivity index (χ3n) is 1.20. The maximum Gasteiger partial charge on any atom is 0.0664 e. The van der Waals surface area contributed by atoms with Crippen LogP contribution in [0.2, 0.25) is 0 Å². The number of fused-ring (bicyclic) bond motifs is 1. The van der Waals surface area contributed by atoms with Gasteiger partial charge in [0.2, 0.25) is 0 Å². The molecule has 0 fully saturated rings. The van der Waals surface area contributed by atoms with Crippen molar-refractivity contribution < 1.29 is 0 Å². The molecule has 0 aliphatic carbocycles. The average Bonchev–Trinajstić information content (AvgIpc) is 2.33. The van der Waals surface area contributed by atoms with Crippen LogP contribution < -0.4 is 10.3 Å². The zero-order chi connectivity index (χ0) is 6.10. The summed E-state index contributed by atoms with van der Waals surface area (Å²) in [5.41, 5.74) is 4.00. The minimum Gasteiger partial charge on any atom is -0.292 e. The van der Waals surface area contributed by atoms with Gasteiger partial charge in [-0.15, -0.1) is 0 Å². The average molecular weight is 137 g/mol. The van der Waals surface area contributed by atoms with Gasteiger partial charge in [-0.3, -0.25) is 5.43 Å². The van der Waals surface area contributed by atoms with Crippen molar-refractivity contribution in [3.8, 4) is 0 Å². The Hall–Kier alpha value is -0.670. The third-order valence-corrected chi connectivity index (χ3v) is 1.93. The van der Waals surface area contributed by atoms with E-state index in [9.17, 15) is 0 Å². The Kier molecular flexibility index (Phi) is 1.10. The lowest BCUT2D eigenvalue weighted by Crippen LogP contribution is -1.94. The monoisotopic (exact) mass is 137 g/mol. The molecule has 2 nitrogen and oxygen atoms in total. The van der Waals surface area contributed by atoms with E-state index in [4.69, 9.17) is 0 Å². The number of nitrogens with one attached hydrogen (secondary N) is 1. The van der Waals surface area contributed by atoms with Gasteiger partial charge in [-0.25, -0.2) is 0 Å². The van der Waals surface area contributed by atoms with E-state index in [0.717, 1.165) is 5.69 Å². The molecule has 0 aromatic heterocycles. The van der Waals surface area contributed by atoms with E-state index in [1.165, 1.54) is 16.8 Å². The molecular formula is C6H5N2S. The molecule has 1 aromatic carbocycles. The van der Waals surface area contributed by atoms with Gasteiger partial charge in [-0.05, 0) is 12.1 Å². The maximum atomic E-state index is 3.92. The summed E-state index contributed by atoms with van der Waals surface area (Å²) in [4.78, 5) is 5.12. The molecule has 0 bridgehead atoms. The fourth-order valence-electron chi connectivity index (χ4n) is 0.760. The molecule has 0 atom stereocenters. The number of hydrogen-bond acceptors (Lipinski definition) is 2. The van der Waals surface area contributed by atoms with Crippen molar-refractivity contribution in [2.24, 2.45) is 0 Å². The molecule has 1 aliphatic heterocycles. The highest BCUT2D eigenvalue weighted by molar-refractivity contribution is 7.97. The summed E-state index contributed by atoms with van der Waals surface area (Å²) in [6.45, 7) is 0. The van der Waals surface area contributed by atoms with Crippen LogP contribution in [0.4, 0.5) is 5.69 Å². The quantitative estimate of drug-likeness (QED) is 0.550. The lowest BCUT2D eigenvalue weighted by Gasteiger charge is -1.90. The largest absolute Gasteiger partial charge is 0.292 e. The van der Waals surface area contributed by atoms with Crippen LogP contribution in [0, 0.1) is 0 Å². The number of hydrogen-bond donors (Lipinski definition) is 1. The highest BCUT2D eigenvalue weighted by Gasteiger charge is 2.08. The van der Waals surface area contributed by atoms with Gasteiger partial charge in [0.15, 0.2) is 0 Å². The van der Waals surface area contributed by atoms with Gasteiger partial charge in [-0.2, -0.15) is 0 Å². The molecule has 0 saturated heterocycles. The fourth-order valence-corrected chi connectivity index (χ4v) is 1.35. The predicted molar refractivity (Wildman–Crippen MR) is 38.1 cm³/mol. The lowest BCUT2D eigenvalue weighted by atomic mass is 10.3. The van der Waals surface area contributed by atoms with Gasteiger partial charge in [0.05, 0.1) is 10.6 Å². The molecule has 1 aromatic rings. The van der Waals surface area contributed by atoms with Crippen molar-refractivity contribution >= 4 is 17.6 Å². The summed E-state index contributed by atoms with van der Waals surface area (Å²) < 4.78 is 0. The minimum absolute atomic E-state index is 1.11. The first-order valence-electron chi connectivity index (χ1n) is 2.69. The maximum absolute atomic E-state index is 3.92. The SMILES string of the molecule is c1ccc2c(c1)N[N]S2. The molecular weight excluding hydrogens is 132 g/mol. The Morgan fingerprint density at radius 3 is 3.11 bits per heavy atom. The topological polar surface area (TPSA) is 26.1 Å². The summed E-state index contributed by atoms with van der Waals surface area (Å²) in [6.07, 6.45) is 0.